The summed E-state index contributed by atoms with van der Waals surface area (Å²) in [5.74, 6) is -0.608. The van der Waals surface area contributed by atoms with Gasteiger partial charge in [0.15, 0.2) is 0 Å². The summed E-state index contributed by atoms with van der Waals surface area (Å²) in [6.45, 7) is 2.21. The van der Waals surface area contributed by atoms with Crippen LogP contribution in [0.5, 0.6) is 0 Å². The van der Waals surface area contributed by atoms with Gasteiger partial charge in [0.1, 0.15) is 22.0 Å². The Kier molecular flexibility index (Phi) is 11.3. The Balaban J connectivity index is 1.24. The van der Waals surface area contributed by atoms with Gasteiger partial charge in [-0.3, -0.25) is 14.4 Å². The summed E-state index contributed by atoms with van der Waals surface area (Å²) in [7, 11) is 0. The van der Waals surface area contributed by atoms with Crippen molar-refractivity contribution in [1.29, 1.82) is 5.26 Å². The molecule has 4 aromatic carbocycles. The Morgan fingerprint density at radius 3 is 2.42 bits per heavy atom. The van der Waals surface area contributed by atoms with Gasteiger partial charge in [0.25, 0.3) is 11.8 Å². The first-order valence-electron chi connectivity index (χ1n) is 16.1. The molecule has 0 aliphatic heterocycles. The lowest BCUT2D eigenvalue weighted by molar-refractivity contribution is -0.116. The molecule has 2 atom stereocenters. The Morgan fingerprint density at radius 2 is 1.68 bits per heavy atom. The molecule has 50 heavy (non-hydrogen) atoms. The lowest BCUT2D eigenvalue weighted by Crippen LogP contribution is -2.30. The highest BCUT2D eigenvalue weighted by atomic mass is 79.9. The zero-order chi connectivity index (χ0) is 35.0. The summed E-state index contributed by atoms with van der Waals surface area (Å²) >= 11 is 6.32. The molecule has 0 saturated carbocycles. The summed E-state index contributed by atoms with van der Waals surface area (Å²) in [6, 6.07) is 35.2. The van der Waals surface area contributed by atoms with Gasteiger partial charge in [-0.2, -0.15) is 5.26 Å². The average molecular weight is 762 g/mol. The number of hydrogen-bond acceptors (Lipinski definition) is 6. The molecule has 1 aliphatic rings. The number of anilines is 2. The molecule has 6 rings (SSSR count). The number of halogens is 1. The molecule has 1 aromatic heterocycles. The van der Waals surface area contributed by atoms with Gasteiger partial charge < -0.3 is 16.0 Å². The van der Waals surface area contributed by atoms with Crippen molar-refractivity contribution in [2.45, 2.75) is 36.3 Å². The summed E-state index contributed by atoms with van der Waals surface area (Å²) < 4.78 is 0.833. The normalized spacial score (nSPS) is 14.5. The molecular weight excluding hydrogens is 729 g/mol. The third-order valence-electron chi connectivity index (χ3n) is 8.23. The number of thioether (sulfide) groups is 1. The van der Waals surface area contributed by atoms with Crippen LogP contribution in [0.15, 0.2) is 124 Å². The minimum absolute atomic E-state index is 0.0675. The van der Waals surface area contributed by atoms with E-state index in [9.17, 15) is 19.6 Å². The summed E-state index contributed by atoms with van der Waals surface area (Å²) in [6.07, 6.45) is 4.41. The van der Waals surface area contributed by atoms with E-state index >= 15 is 0 Å². The van der Waals surface area contributed by atoms with Crippen LogP contribution >= 0.6 is 39.0 Å². The molecule has 2 unspecified atom stereocenters. The number of fused-ring (bicyclic) bond motifs is 1. The van der Waals surface area contributed by atoms with Crippen LogP contribution in [0.3, 0.4) is 0 Å². The molecule has 3 amide bonds. The third kappa shape index (κ3) is 8.61. The molecule has 250 valence electrons. The van der Waals surface area contributed by atoms with Crippen molar-refractivity contribution >= 4 is 73.5 Å². The van der Waals surface area contributed by atoms with E-state index in [0.29, 0.717) is 27.7 Å². The molecular formula is C40H33BrN4O3S2. The van der Waals surface area contributed by atoms with Crippen molar-refractivity contribution in [3.05, 3.63) is 152 Å². The van der Waals surface area contributed by atoms with E-state index in [1.165, 1.54) is 28.0 Å². The zero-order valence-electron chi connectivity index (χ0n) is 27.1. The van der Waals surface area contributed by atoms with Crippen molar-refractivity contribution in [3.8, 4) is 6.07 Å². The highest BCUT2D eigenvalue weighted by Crippen LogP contribution is 2.42. The maximum atomic E-state index is 14.0. The van der Waals surface area contributed by atoms with Crippen LogP contribution in [0.2, 0.25) is 0 Å². The fourth-order valence-electron chi connectivity index (χ4n) is 5.72. The molecule has 0 radical (unpaired) electrons. The molecule has 0 bridgehead atoms. The number of carbonyl (C=O) groups excluding carboxylic acids is 3. The Hall–Kier alpha value is -4.95. The van der Waals surface area contributed by atoms with Gasteiger partial charge in [0, 0.05) is 25.5 Å². The van der Waals surface area contributed by atoms with Gasteiger partial charge in [-0.05, 0) is 90.4 Å². The van der Waals surface area contributed by atoms with Crippen molar-refractivity contribution in [1.82, 2.24) is 5.32 Å². The van der Waals surface area contributed by atoms with E-state index in [-0.39, 0.29) is 11.6 Å². The van der Waals surface area contributed by atoms with Crippen LogP contribution in [0.25, 0.3) is 6.08 Å². The molecule has 5 aromatic rings. The van der Waals surface area contributed by atoms with Gasteiger partial charge in [-0.15, -0.1) is 23.1 Å². The van der Waals surface area contributed by atoms with Crippen LogP contribution < -0.4 is 16.0 Å². The SMILES string of the molecule is CC1CCc2c(sc(NC(=O)C(Sc3cccc(NC(=O)/C(=C\c4cccc(Br)c4)NC(=O)c4ccccc4)c3)c3ccccc3)c2C#N)C1. The summed E-state index contributed by atoms with van der Waals surface area (Å²) in [4.78, 5) is 42.7. The maximum absolute atomic E-state index is 14.0. The number of amides is 3. The predicted molar refractivity (Wildman–Crippen MR) is 205 cm³/mol. The van der Waals surface area contributed by atoms with Crippen molar-refractivity contribution in [2.24, 2.45) is 5.92 Å². The molecule has 7 nitrogen and oxygen atoms in total. The number of nitriles is 1. The van der Waals surface area contributed by atoms with Crippen molar-refractivity contribution in [2.75, 3.05) is 10.6 Å². The first-order valence-corrected chi connectivity index (χ1v) is 18.6. The highest BCUT2D eigenvalue weighted by molar-refractivity contribution is 9.10. The van der Waals surface area contributed by atoms with Crippen LogP contribution in [0.4, 0.5) is 10.7 Å². The van der Waals surface area contributed by atoms with E-state index < -0.39 is 17.1 Å². The van der Waals surface area contributed by atoms with E-state index in [1.807, 2.05) is 66.7 Å². The second-order valence-electron chi connectivity index (χ2n) is 12.0. The maximum Gasteiger partial charge on any atom is 0.272 e. The number of hydrogen-bond donors (Lipinski definition) is 3. The van der Waals surface area contributed by atoms with E-state index in [4.69, 9.17) is 0 Å². The smallest absolute Gasteiger partial charge is 0.272 e. The fourth-order valence-corrected chi connectivity index (χ4v) is 8.59. The van der Waals surface area contributed by atoms with Crippen molar-refractivity contribution in [3.63, 3.8) is 0 Å². The Bertz CT molecular complexity index is 2110. The van der Waals surface area contributed by atoms with Gasteiger partial charge >= 0.3 is 0 Å². The molecule has 3 N–H and O–H groups in total. The van der Waals surface area contributed by atoms with Gasteiger partial charge in [0.2, 0.25) is 5.91 Å². The second-order valence-corrected chi connectivity index (χ2v) is 15.2. The lowest BCUT2D eigenvalue weighted by atomic mass is 9.88. The van der Waals surface area contributed by atoms with Gasteiger partial charge in [0.05, 0.1) is 5.56 Å². The first kappa shape index (κ1) is 34.9. The van der Waals surface area contributed by atoms with Crippen molar-refractivity contribution < 1.29 is 14.4 Å². The standard InChI is InChI=1S/C40H33BrN4O3S2/c1-25-18-19-32-33(24-42)40(50-35(32)20-25)45-39(48)36(27-11-4-2-5-12-27)49-31-17-9-16-30(23-31)43-38(47)34(22-26-10-8-15-29(41)21-26)44-37(46)28-13-6-3-7-14-28/h2-17,21-23,25,36H,18-20H2,1H3,(H,43,47)(H,44,46)(H,45,48)/b34-22+. The molecule has 0 fully saturated rings. The quantitative estimate of drug-likeness (QED) is 0.0971. The molecule has 10 heteroatoms. The van der Waals surface area contributed by atoms with E-state index in [1.54, 1.807) is 48.5 Å². The summed E-state index contributed by atoms with van der Waals surface area (Å²) in [5.41, 5.74) is 4.14. The Morgan fingerprint density at radius 1 is 0.940 bits per heavy atom. The predicted octanol–water partition coefficient (Wildman–Crippen LogP) is 9.39. The number of carbonyl (C=O) groups is 3. The largest absolute Gasteiger partial charge is 0.321 e. The van der Waals surface area contributed by atoms with Gasteiger partial charge in [-0.1, -0.05) is 89.6 Å². The van der Waals surface area contributed by atoms with Crippen LogP contribution in [0.1, 0.15) is 56.1 Å². The summed E-state index contributed by atoms with van der Waals surface area (Å²) in [5, 5.41) is 18.8. The monoisotopic (exact) mass is 760 g/mol. The number of thiophene rings is 1. The van der Waals surface area contributed by atoms with Gasteiger partial charge in [-0.25, -0.2) is 0 Å². The Labute approximate surface area is 308 Å². The fraction of sp³-hybridized carbons (Fsp3) is 0.150. The molecule has 1 heterocycles. The second kappa shape index (κ2) is 16.2. The zero-order valence-corrected chi connectivity index (χ0v) is 30.3. The molecule has 0 saturated heterocycles. The number of nitrogens with zero attached hydrogens (tertiary/aromatic N) is 1. The topological polar surface area (TPSA) is 111 Å². The highest BCUT2D eigenvalue weighted by Gasteiger charge is 2.28. The number of nitrogens with one attached hydrogen (secondary N) is 3. The van der Waals surface area contributed by atoms with Crippen LogP contribution in [-0.2, 0) is 22.4 Å². The molecule has 0 spiro atoms. The third-order valence-corrected chi connectivity index (χ3v) is 11.1. The first-order chi connectivity index (χ1) is 24.3. The number of rotatable bonds is 10. The minimum Gasteiger partial charge on any atom is -0.321 e. The van der Waals surface area contributed by atoms with Crippen LogP contribution in [-0.4, -0.2) is 17.7 Å². The number of benzene rings is 4. The minimum atomic E-state index is -0.635. The average Bonchev–Trinajstić information content (AvgIpc) is 3.46. The van der Waals surface area contributed by atoms with E-state index in [2.05, 4.69) is 44.9 Å². The van der Waals surface area contributed by atoms with E-state index in [0.717, 1.165) is 45.3 Å². The molecule has 1 aliphatic carbocycles. The lowest BCUT2D eigenvalue weighted by Gasteiger charge is -2.18. The van der Waals surface area contributed by atoms with Crippen LogP contribution in [0, 0.1) is 17.2 Å².